The normalized spacial score (nSPS) is 10.6. The lowest BCUT2D eigenvalue weighted by molar-refractivity contribution is 0.0514. The van der Waals surface area contributed by atoms with Gasteiger partial charge in [0, 0.05) is 6.20 Å². The van der Waals surface area contributed by atoms with E-state index in [2.05, 4.69) is 9.72 Å². The highest BCUT2D eigenvalue weighted by molar-refractivity contribution is 6.31. The molecule has 0 aliphatic heterocycles. The number of rotatable bonds is 3. The van der Waals surface area contributed by atoms with Crippen LogP contribution in [-0.2, 0) is 4.74 Å². The molecule has 1 aromatic rings. The summed E-state index contributed by atoms with van der Waals surface area (Å²) in [5, 5.41) is -0.233. The van der Waals surface area contributed by atoms with Crippen molar-refractivity contribution in [2.75, 3.05) is 6.61 Å². The first-order valence-corrected chi connectivity index (χ1v) is 4.97. The summed E-state index contributed by atoms with van der Waals surface area (Å²) in [5.41, 5.74) is -0.588. The van der Waals surface area contributed by atoms with Crippen molar-refractivity contribution in [2.45, 2.75) is 20.3 Å². The predicted octanol–water partition coefficient (Wildman–Crippen LogP) is 3.16. The Bertz CT molecular complexity index is 410. The summed E-state index contributed by atoms with van der Waals surface area (Å²) in [6, 6.07) is 0. The summed E-state index contributed by atoms with van der Waals surface area (Å²) in [6.07, 6.45) is -1.74. The van der Waals surface area contributed by atoms with Crippen LogP contribution in [0.2, 0.25) is 5.02 Å². The number of carbonyl (C=O) groups is 1. The highest BCUT2D eigenvalue weighted by Crippen LogP contribution is 2.31. The summed E-state index contributed by atoms with van der Waals surface area (Å²) in [4.78, 5) is 15.2. The lowest BCUT2D eigenvalue weighted by Gasteiger charge is -2.11. The molecule has 88 valence electrons. The van der Waals surface area contributed by atoms with E-state index in [1.807, 2.05) is 0 Å². The molecule has 1 rings (SSSR count). The van der Waals surface area contributed by atoms with Gasteiger partial charge < -0.3 is 4.74 Å². The molecule has 0 bridgehead atoms. The number of pyridine rings is 1. The molecular formula is C10H10ClF2NO2. The summed E-state index contributed by atoms with van der Waals surface area (Å²) >= 11 is 5.59. The van der Waals surface area contributed by atoms with Gasteiger partial charge in [0.2, 0.25) is 0 Å². The predicted molar refractivity (Wildman–Crippen MR) is 54.9 cm³/mol. The van der Waals surface area contributed by atoms with E-state index in [1.54, 1.807) is 6.92 Å². The molecule has 0 spiro atoms. The standard InChI is InChI=1S/C10H10ClF2NO2/c1-3-16-10(15)7-5(2)14-4-6(11)8(7)9(12)13/h4,9H,3H2,1-2H3. The number of ether oxygens (including phenoxy) is 1. The molecule has 0 fully saturated rings. The molecule has 1 aromatic heterocycles. The maximum atomic E-state index is 12.7. The molecule has 0 aliphatic carbocycles. The summed E-state index contributed by atoms with van der Waals surface area (Å²) in [7, 11) is 0. The third kappa shape index (κ3) is 2.47. The highest BCUT2D eigenvalue weighted by atomic mass is 35.5. The van der Waals surface area contributed by atoms with E-state index < -0.39 is 18.0 Å². The van der Waals surface area contributed by atoms with Crippen molar-refractivity contribution in [1.29, 1.82) is 0 Å². The second-order valence-corrected chi connectivity index (χ2v) is 3.41. The summed E-state index contributed by atoms with van der Waals surface area (Å²) < 4.78 is 30.2. The third-order valence-electron chi connectivity index (χ3n) is 1.96. The van der Waals surface area contributed by atoms with Gasteiger partial charge >= 0.3 is 5.97 Å². The van der Waals surface area contributed by atoms with Crippen molar-refractivity contribution in [1.82, 2.24) is 4.98 Å². The molecule has 3 nitrogen and oxygen atoms in total. The average molecular weight is 250 g/mol. The van der Waals surface area contributed by atoms with Crippen LogP contribution in [0.5, 0.6) is 0 Å². The third-order valence-corrected chi connectivity index (χ3v) is 2.26. The Hall–Kier alpha value is -1.23. The molecule has 0 aromatic carbocycles. The first-order valence-electron chi connectivity index (χ1n) is 4.59. The maximum Gasteiger partial charge on any atom is 0.340 e. The molecule has 0 radical (unpaired) electrons. The number of hydrogen-bond donors (Lipinski definition) is 0. The van der Waals surface area contributed by atoms with Gasteiger partial charge in [0.25, 0.3) is 6.43 Å². The minimum absolute atomic E-state index is 0.105. The van der Waals surface area contributed by atoms with E-state index in [1.165, 1.54) is 6.92 Å². The van der Waals surface area contributed by atoms with Gasteiger partial charge in [-0.05, 0) is 13.8 Å². The van der Waals surface area contributed by atoms with Crippen LogP contribution in [-0.4, -0.2) is 17.6 Å². The fourth-order valence-electron chi connectivity index (χ4n) is 1.28. The fraction of sp³-hybridized carbons (Fsp3) is 0.400. The van der Waals surface area contributed by atoms with Gasteiger partial charge in [-0.1, -0.05) is 11.6 Å². The second kappa shape index (κ2) is 5.21. The summed E-state index contributed by atoms with van der Waals surface area (Å²) in [5.74, 6) is -0.828. The van der Waals surface area contributed by atoms with Crippen LogP contribution in [0.1, 0.15) is 35.0 Å². The smallest absolute Gasteiger partial charge is 0.340 e. The second-order valence-electron chi connectivity index (χ2n) is 3.00. The molecule has 0 atom stereocenters. The van der Waals surface area contributed by atoms with Crippen molar-refractivity contribution in [3.8, 4) is 0 Å². The summed E-state index contributed by atoms with van der Waals surface area (Å²) in [6.45, 7) is 3.15. The van der Waals surface area contributed by atoms with Crippen LogP contribution in [0.25, 0.3) is 0 Å². The topological polar surface area (TPSA) is 39.2 Å². The molecule has 0 amide bonds. The van der Waals surface area contributed by atoms with Gasteiger partial charge in [-0.3, -0.25) is 4.98 Å². The number of aromatic nitrogens is 1. The van der Waals surface area contributed by atoms with E-state index in [9.17, 15) is 13.6 Å². The zero-order valence-electron chi connectivity index (χ0n) is 8.76. The van der Waals surface area contributed by atoms with E-state index in [-0.39, 0.29) is 22.9 Å². The van der Waals surface area contributed by atoms with Crippen molar-refractivity contribution in [2.24, 2.45) is 0 Å². The first kappa shape index (κ1) is 12.8. The Balaban J connectivity index is 3.34. The van der Waals surface area contributed by atoms with Crippen molar-refractivity contribution in [3.05, 3.63) is 28.0 Å². The number of aryl methyl sites for hydroxylation is 1. The van der Waals surface area contributed by atoms with Crippen LogP contribution < -0.4 is 0 Å². The van der Waals surface area contributed by atoms with Gasteiger partial charge in [-0.2, -0.15) is 0 Å². The molecule has 16 heavy (non-hydrogen) atoms. The van der Waals surface area contributed by atoms with Gasteiger partial charge in [0.05, 0.1) is 28.5 Å². The number of halogens is 3. The Labute approximate surface area is 96.4 Å². The van der Waals surface area contributed by atoms with Gasteiger partial charge in [-0.25, -0.2) is 13.6 Å². The molecule has 0 N–H and O–H groups in total. The minimum Gasteiger partial charge on any atom is -0.462 e. The number of nitrogens with zero attached hydrogens (tertiary/aromatic N) is 1. The Morgan fingerprint density at radius 2 is 2.25 bits per heavy atom. The quantitative estimate of drug-likeness (QED) is 0.773. The number of alkyl halides is 2. The highest BCUT2D eigenvalue weighted by Gasteiger charge is 2.25. The Morgan fingerprint density at radius 3 is 2.75 bits per heavy atom. The molecule has 6 heteroatoms. The average Bonchev–Trinajstić information content (AvgIpc) is 2.20. The molecule has 0 unspecified atom stereocenters. The zero-order valence-corrected chi connectivity index (χ0v) is 9.52. The molecule has 1 heterocycles. The lowest BCUT2D eigenvalue weighted by Crippen LogP contribution is -2.12. The Kier molecular flexibility index (Phi) is 4.18. The van der Waals surface area contributed by atoms with Crippen LogP contribution in [0.3, 0.4) is 0 Å². The van der Waals surface area contributed by atoms with Crippen LogP contribution in [0.4, 0.5) is 8.78 Å². The number of hydrogen-bond acceptors (Lipinski definition) is 3. The minimum atomic E-state index is -2.84. The van der Waals surface area contributed by atoms with Crippen molar-refractivity contribution < 1.29 is 18.3 Å². The largest absolute Gasteiger partial charge is 0.462 e. The maximum absolute atomic E-state index is 12.7. The van der Waals surface area contributed by atoms with Crippen LogP contribution in [0.15, 0.2) is 6.20 Å². The van der Waals surface area contributed by atoms with E-state index in [4.69, 9.17) is 11.6 Å². The van der Waals surface area contributed by atoms with Crippen molar-refractivity contribution >= 4 is 17.6 Å². The number of carbonyl (C=O) groups excluding carboxylic acids is 1. The van der Waals surface area contributed by atoms with Crippen LogP contribution >= 0.6 is 11.6 Å². The molecular weight excluding hydrogens is 240 g/mol. The molecule has 0 saturated carbocycles. The van der Waals surface area contributed by atoms with Crippen molar-refractivity contribution in [3.63, 3.8) is 0 Å². The molecule has 0 aliphatic rings. The van der Waals surface area contributed by atoms with E-state index in [0.29, 0.717) is 0 Å². The van der Waals surface area contributed by atoms with Gasteiger partial charge in [-0.15, -0.1) is 0 Å². The first-order chi connectivity index (χ1) is 7.49. The zero-order chi connectivity index (χ0) is 12.3. The lowest BCUT2D eigenvalue weighted by atomic mass is 10.1. The van der Waals surface area contributed by atoms with Crippen LogP contribution in [0, 0.1) is 6.92 Å². The number of esters is 1. The van der Waals surface area contributed by atoms with Gasteiger partial charge in [0.15, 0.2) is 0 Å². The van der Waals surface area contributed by atoms with E-state index >= 15 is 0 Å². The Morgan fingerprint density at radius 1 is 1.62 bits per heavy atom. The SMILES string of the molecule is CCOC(=O)c1c(C)ncc(Cl)c1C(F)F. The molecule has 0 saturated heterocycles. The monoisotopic (exact) mass is 249 g/mol. The van der Waals surface area contributed by atoms with Gasteiger partial charge in [0.1, 0.15) is 0 Å². The van der Waals surface area contributed by atoms with E-state index in [0.717, 1.165) is 6.20 Å². The fourth-order valence-corrected chi connectivity index (χ4v) is 1.50.